The molecular formula is C23H15BrClFN2O3. The number of hydrogen-bond acceptors (Lipinski definition) is 4. The lowest BCUT2D eigenvalue weighted by Crippen LogP contribution is -2.37. The molecule has 31 heavy (non-hydrogen) atoms. The standard InChI is InChI=1S/C23H15BrClFN2O3/c24-14-8-6-13(7-9-14)20-19-21(31-28(20)15-4-2-1-3-5-15)23(30)27(22(19)29)16-10-11-17(25)18(26)12-16/h1-12,19-21H/t19-,20+,21+/m0/s1. The Balaban J connectivity index is 1.58. The van der Waals surface area contributed by atoms with Gasteiger partial charge in [0, 0.05) is 4.47 Å². The van der Waals surface area contributed by atoms with E-state index in [1.165, 1.54) is 12.1 Å². The van der Waals surface area contributed by atoms with Gasteiger partial charge in [0.15, 0.2) is 6.10 Å². The number of imide groups is 1. The number of amides is 2. The largest absolute Gasteiger partial charge is 0.273 e. The molecule has 2 amide bonds. The predicted molar refractivity (Wildman–Crippen MR) is 118 cm³/mol. The molecule has 0 bridgehead atoms. The SMILES string of the molecule is O=C1[C@H]2[C@@H](c3ccc(Br)cc3)N(c3ccccc3)O[C@H]2C(=O)N1c1ccc(Cl)c(F)c1. The summed E-state index contributed by atoms with van der Waals surface area (Å²) in [5, 5.41) is 1.54. The number of fused-ring (bicyclic) bond motifs is 1. The van der Waals surface area contributed by atoms with E-state index in [1.807, 2.05) is 54.6 Å². The molecule has 2 fully saturated rings. The Bertz CT molecular complexity index is 1180. The van der Waals surface area contributed by atoms with Crippen LogP contribution in [0.5, 0.6) is 0 Å². The van der Waals surface area contributed by atoms with Gasteiger partial charge in [0.2, 0.25) is 5.91 Å². The molecule has 0 radical (unpaired) electrons. The Morgan fingerprint density at radius 1 is 0.903 bits per heavy atom. The molecule has 8 heteroatoms. The van der Waals surface area contributed by atoms with Crippen molar-refractivity contribution in [3.05, 3.63) is 93.7 Å². The number of halogens is 3. The van der Waals surface area contributed by atoms with Crippen molar-refractivity contribution < 1.29 is 18.8 Å². The molecule has 0 aliphatic carbocycles. The molecular weight excluding hydrogens is 487 g/mol. The number of nitrogens with zero attached hydrogens (tertiary/aromatic N) is 2. The summed E-state index contributed by atoms with van der Waals surface area (Å²) in [5.74, 6) is -2.46. The van der Waals surface area contributed by atoms with Crippen molar-refractivity contribution in [3.8, 4) is 0 Å². The zero-order chi connectivity index (χ0) is 21.7. The molecule has 5 rings (SSSR count). The first-order valence-electron chi connectivity index (χ1n) is 9.55. The summed E-state index contributed by atoms with van der Waals surface area (Å²) in [5.41, 5.74) is 1.69. The quantitative estimate of drug-likeness (QED) is 0.458. The highest BCUT2D eigenvalue weighted by Gasteiger charge is 2.60. The van der Waals surface area contributed by atoms with Crippen LogP contribution >= 0.6 is 27.5 Å². The second-order valence-electron chi connectivity index (χ2n) is 7.32. The summed E-state index contributed by atoms with van der Waals surface area (Å²) >= 11 is 9.18. The number of anilines is 2. The van der Waals surface area contributed by atoms with Gasteiger partial charge in [-0.15, -0.1) is 0 Å². The molecule has 3 atom stereocenters. The van der Waals surface area contributed by atoms with E-state index in [0.29, 0.717) is 0 Å². The summed E-state index contributed by atoms with van der Waals surface area (Å²) in [6, 6.07) is 20.2. The average Bonchev–Trinajstić information content (AvgIpc) is 3.28. The van der Waals surface area contributed by atoms with Crippen LogP contribution in [0.4, 0.5) is 15.8 Å². The molecule has 3 aromatic rings. The number of carbonyl (C=O) groups excluding carboxylic acids is 2. The summed E-state index contributed by atoms with van der Waals surface area (Å²) in [6.07, 6.45) is -1.01. The third-order valence-corrected chi connectivity index (χ3v) is 6.33. The molecule has 2 aliphatic heterocycles. The van der Waals surface area contributed by atoms with E-state index in [2.05, 4.69) is 15.9 Å². The van der Waals surface area contributed by atoms with E-state index in [1.54, 1.807) is 5.06 Å². The van der Waals surface area contributed by atoms with Gasteiger partial charge in [-0.2, -0.15) is 0 Å². The van der Waals surface area contributed by atoms with Crippen molar-refractivity contribution in [2.45, 2.75) is 12.1 Å². The first-order chi connectivity index (χ1) is 15.0. The van der Waals surface area contributed by atoms with E-state index < -0.39 is 35.7 Å². The fourth-order valence-electron chi connectivity index (χ4n) is 4.09. The highest BCUT2D eigenvalue weighted by molar-refractivity contribution is 9.10. The Labute approximate surface area is 191 Å². The predicted octanol–water partition coefficient (Wildman–Crippen LogP) is 5.29. The fraction of sp³-hybridized carbons (Fsp3) is 0.130. The van der Waals surface area contributed by atoms with Crippen molar-refractivity contribution >= 4 is 50.7 Å². The van der Waals surface area contributed by atoms with Crippen molar-refractivity contribution in [1.29, 1.82) is 0 Å². The van der Waals surface area contributed by atoms with Gasteiger partial charge >= 0.3 is 0 Å². The maximum atomic E-state index is 14.0. The Hall–Kier alpha value is -2.74. The second-order valence-corrected chi connectivity index (χ2v) is 8.64. The smallest absolute Gasteiger partial charge is 0.266 e. The zero-order valence-corrected chi connectivity index (χ0v) is 18.3. The van der Waals surface area contributed by atoms with Crippen LogP contribution in [-0.4, -0.2) is 17.9 Å². The van der Waals surface area contributed by atoms with Crippen LogP contribution < -0.4 is 9.96 Å². The molecule has 0 N–H and O–H groups in total. The molecule has 0 unspecified atom stereocenters. The summed E-state index contributed by atoms with van der Waals surface area (Å²) in [6.45, 7) is 0. The first kappa shape index (κ1) is 20.2. The molecule has 156 valence electrons. The molecule has 0 aromatic heterocycles. The summed E-state index contributed by atoms with van der Waals surface area (Å²) in [7, 11) is 0. The maximum Gasteiger partial charge on any atom is 0.266 e. The molecule has 0 spiro atoms. The number of hydroxylamine groups is 1. The second kappa shape index (κ2) is 7.75. The Morgan fingerprint density at radius 2 is 1.61 bits per heavy atom. The molecule has 0 saturated carbocycles. The number of para-hydroxylation sites is 1. The minimum Gasteiger partial charge on any atom is -0.273 e. The van der Waals surface area contributed by atoms with Crippen molar-refractivity contribution in [2.24, 2.45) is 5.92 Å². The average molecular weight is 502 g/mol. The minimum absolute atomic E-state index is 0.0812. The van der Waals surface area contributed by atoms with Crippen LogP contribution in [-0.2, 0) is 14.4 Å². The molecule has 5 nitrogen and oxygen atoms in total. The van der Waals surface area contributed by atoms with E-state index >= 15 is 0 Å². The van der Waals surface area contributed by atoms with Gasteiger partial charge in [-0.25, -0.2) is 14.4 Å². The Morgan fingerprint density at radius 3 is 2.29 bits per heavy atom. The van der Waals surface area contributed by atoms with Crippen LogP contribution in [0.2, 0.25) is 5.02 Å². The number of benzene rings is 3. The van der Waals surface area contributed by atoms with E-state index in [-0.39, 0.29) is 10.7 Å². The normalized spacial score (nSPS) is 22.9. The molecule has 3 aromatic carbocycles. The van der Waals surface area contributed by atoms with E-state index in [9.17, 15) is 14.0 Å². The Kier molecular flexibility index (Phi) is 5.04. The third kappa shape index (κ3) is 3.33. The van der Waals surface area contributed by atoms with Crippen LogP contribution in [0.3, 0.4) is 0 Å². The first-order valence-corrected chi connectivity index (χ1v) is 10.7. The maximum absolute atomic E-state index is 14.0. The topological polar surface area (TPSA) is 49.9 Å². The summed E-state index contributed by atoms with van der Waals surface area (Å²) < 4.78 is 14.9. The van der Waals surface area contributed by atoms with Gasteiger partial charge in [-0.3, -0.25) is 14.4 Å². The zero-order valence-electron chi connectivity index (χ0n) is 15.9. The highest BCUT2D eigenvalue weighted by atomic mass is 79.9. The molecule has 2 aliphatic rings. The van der Waals surface area contributed by atoms with Crippen LogP contribution in [0, 0.1) is 11.7 Å². The van der Waals surface area contributed by atoms with Crippen LogP contribution in [0.25, 0.3) is 0 Å². The number of hydrogen-bond donors (Lipinski definition) is 0. The summed E-state index contributed by atoms with van der Waals surface area (Å²) in [4.78, 5) is 33.7. The highest BCUT2D eigenvalue weighted by Crippen LogP contribution is 2.47. The van der Waals surface area contributed by atoms with Gasteiger partial charge in [0.1, 0.15) is 11.7 Å². The van der Waals surface area contributed by atoms with Gasteiger partial charge < -0.3 is 0 Å². The molecule has 2 saturated heterocycles. The number of carbonyl (C=O) groups is 2. The monoisotopic (exact) mass is 500 g/mol. The third-order valence-electron chi connectivity index (χ3n) is 5.50. The van der Waals surface area contributed by atoms with E-state index in [4.69, 9.17) is 16.4 Å². The molecule has 2 heterocycles. The lowest BCUT2D eigenvalue weighted by atomic mass is 9.90. The van der Waals surface area contributed by atoms with Gasteiger partial charge in [0.05, 0.1) is 22.4 Å². The van der Waals surface area contributed by atoms with Gasteiger partial charge in [-0.1, -0.05) is 57.9 Å². The number of rotatable bonds is 3. The fourth-order valence-corrected chi connectivity index (χ4v) is 4.47. The van der Waals surface area contributed by atoms with Crippen LogP contribution in [0.1, 0.15) is 11.6 Å². The van der Waals surface area contributed by atoms with Gasteiger partial charge in [-0.05, 0) is 48.0 Å². The van der Waals surface area contributed by atoms with Gasteiger partial charge in [0.25, 0.3) is 5.91 Å². The minimum atomic E-state index is -1.01. The van der Waals surface area contributed by atoms with Crippen LogP contribution in [0.15, 0.2) is 77.3 Å². The van der Waals surface area contributed by atoms with E-state index in [0.717, 1.165) is 26.7 Å². The lowest BCUT2D eigenvalue weighted by molar-refractivity contribution is -0.126. The van der Waals surface area contributed by atoms with Crippen molar-refractivity contribution in [2.75, 3.05) is 9.96 Å². The lowest BCUT2D eigenvalue weighted by Gasteiger charge is -2.28. The van der Waals surface area contributed by atoms with Crippen molar-refractivity contribution in [1.82, 2.24) is 0 Å². The van der Waals surface area contributed by atoms with Crippen molar-refractivity contribution in [3.63, 3.8) is 0 Å².